The maximum absolute atomic E-state index is 12.9. The van der Waals surface area contributed by atoms with Crippen LogP contribution in [0.15, 0.2) is 30.3 Å². The summed E-state index contributed by atoms with van der Waals surface area (Å²) in [5.74, 6) is -1.08. The van der Waals surface area contributed by atoms with Gasteiger partial charge in [-0.1, -0.05) is 44.2 Å². The van der Waals surface area contributed by atoms with Crippen LogP contribution >= 0.6 is 0 Å². The fourth-order valence-electron chi connectivity index (χ4n) is 2.25. The zero-order chi connectivity index (χ0) is 16.8. The summed E-state index contributed by atoms with van der Waals surface area (Å²) in [5.41, 5.74) is 6.74. The molecular weight excluding hydrogens is 307 g/mol. The van der Waals surface area contributed by atoms with Gasteiger partial charge in [-0.25, -0.2) is 0 Å². The van der Waals surface area contributed by atoms with E-state index in [2.05, 4.69) is 5.32 Å². The molecule has 0 radical (unpaired) electrons. The fraction of sp³-hybridized carbons (Fsp3) is 0.533. The van der Waals surface area contributed by atoms with Crippen LogP contribution in [-0.4, -0.2) is 32.2 Å². The van der Waals surface area contributed by atoms with Crippen molar-refractivity contribution in [1.29, 1.82) is 0 Å². The van der Waals surface area contributed by atoms with Crippen LogP contribution in [0.2, 0.25) is 0 Å². The average Bonchev–Trinajstić information content (AvgIpc) is 2.36. The Labute approximate surface area is 131 Å². The fourth-order valence-corrected chi connectivity index (χ4v) is 2.95. The molecule has 0 saturated heterocycles. The van der Waals surface area contributed by atoms with Gasteiger partial charge in [0.05, 0.1) is 6.04 Å². The molecule has 0 saturated carbocycles. The van der Waals surface area contributed by atoms with Gasteiger partial charge in [0.25, 0.3) is 0 Å². The zero-order valence-electron chi connectivity index (χ0n) is 12.8. The van der Waals surface area contributed by atoms with Crippen molar-refractivity contribution in [3.05, 3.63) is 35.9 Å². The zero-order valence-corrected chi connectivity index (χ0v) is 13.6. The smallest absolute Gasteiger partial charge is 0.304 e. The van der Waals surface area contributed by atoms with Crippen LogP contribution in [0.3, 0.4) is 0 Å². The van der Waals surface area contributed by atoms with Crippen LogP contribution in [0.5, 0.6) is 0 Å². The Bertz CT molecular complexity index is 576. The predicted octanol–water partition coefficient (Wildman–Crippen LogP) is 1.39. The quantitative estimate of drug-likeness (QED) is 0.705. The molecule has 1 aromatic rings. The largest absolute Gasteiger partial charge is 0.351 e. The predicted molar refractivity (Wildman–Crippen MR) is 84.4 cm³/mol. The third kappa shape index (κ3) is 7.51. The van der Waals surface area contributed by atoms with Gasteiger partial charge in [0.2, 0.25) is 5.91 Å². The van der Waals surface area contributed by atoms with Crippen LogP contribution in [-0.2, 0) is 21.4 Å². The second-order valence-electron chi connectivity index (χ2n) is 5.84. The molecule has 0 bridgehead atoms. The number of hydrogen-bond donors (Lipinski definition) is 2. The first kappa shape index (κ1) is 18.6. The lowest BCUT2D eigenvalue weighted by Gasteiger charge is -2.21. The lowest BCUT2D eigenvalue weighted by Crippen LogP contribution is -2.48. The number of rotatable bonds is 8. The number of nitrogens with two attached hydrogens (primary N) is 1. The maximum atomic E-state index is 12.9. The summed E-state index contributed by atoms with van der Waals surface area (Å²) in [7, 11) is -4.65. The van der Waals surface area contributed by atoms with Gasteiger partial charge in [0, 0.05) is 6.04 Å². The molecule has 5 nitrogen and oxygen atoms in total. The molecule has 2 atom stereocenters. The molecule has 22 heavy (non-hydrogen) atoms. The number of benzene rings is 1. The Morgan fingerprint density at radius 2 is 1.86 bits per heavy atom. The van der Waals surface area contributed by atoms with Gasteiger partial charge in [0.15, 0.2) is 0 Å². The molecule has 0 spiro atoms. The number of amides is 1. The molecule has 0 aliphatic rings. The van der Waals surface area contributed by atoms with Crippen molar-refractivity contribution in [2.75, 3.05) is 5.75 Å². The normalized spacial score (nSPS) is 14.6. The number of nitrogens with one attached hydrogen (secondary N) is 1. The average molecular weight is 330 g/mol. The molecule has 1 rings (SSSR count). The van der Waals surface area contributed by atoms with E-state index in [1.807, 2.05) is 44.2 Å². The van der Waals surface area contributed by atoms with E-state index in [1.54, 1.807) is 0 Å². The summed E-state index contributed by atoms with van der Waals surface area (Å²) in [6.07, 6.45) is 0.705. The third-order valence-electron chi connectivity index (χ3n) is 3.14. The van der Waals surface area contributed by atoms with Crippen LogP contribution in [0.4, 0.5) is 3.89 Å². The minimum Gasteiger partial charge on any atom is -0.351 e. The minimum atomic E-state index is -4.65. The Hall–Kier alpha value is -1.47. The highest BCUT2D eigenvalue weighted by molar-refractivity contribution is 7.86. The summed E-state index contributed by atoms with van der Waals surface area (Å²) in [6.45, 7) is 3.74. The molecule has 7 heteroatoms. The molecule has 0 aromatic heterocycles. The van der Waals surface area contributed by atoms with Crippen molar-refractivity contribution in [1.82, 2.24) is 5.32 Å². The van der Waals surface area contributed by atoms with E-state index in [4.69, 9.17) is 5.73 Å². The lowest BCUT2D eigenvalue weighted by molar-refractivity contribution is -0.123. The molecule has 1 aromatic carbocycles. The number of carbonyl (C=O) groups is 1. The SMILES string of the molecule is CC(C)C[C@@H](CS(=O)(=O)F)NC(=O)[C@@H](N)Cc1ccccc1. The Kier molecular flexibility index (Phi) is 6.96. The van der Waals surface area contributed by atoms with Crippen molar-refractivity contribution in [3.63, 3.8) is 0 Å². The van der Waals surface area contributed by atoms with Crippen molar-refractivity contribution in [2.24, 2.45) is 11.7 Å². The molecule has 0 unspecified atom stereocenters. The number of hydrogen-bond acceptors (Lipinski definition) is 4. The van der Waals surface area contributed by atoms with Gasteiger partial charge < -0.3 is 11.1 Å². The first-order valence-corrected chi connectivity index (χ1v) is 8.75. The van der Waals surface area contributed by atoms with Gasteiger partial charge >= 0.3 is 10.2 Å². The van der Waals surface area contributed by atoms with Crippen molar-refractivity contribution in [3.8, 4) is 0 Å². The molecule has 3 N–H and O–H groups in total. The molecule has 0 aliphatic heterocycles. The van der Waals surface area contributed by atoms with E-state index in [1.165, 1.54) is 0 Å². The maximum Gasteiger partial charge on any atom is 0.304 e. The summed E-state index contributed by atoms with van der Waals surface area (Å²) >= 11 is 0. The molecule has 0 aliphatic carbocycles. The molecule has 0 fully saturated rings. The Morgan fingerprint density at radius 1 is 1.27 bits per heavy atom. The Balaban J connectivity index is 2.65. The van der Waals surface area contributed by atoms with E-state index in [0.29, 0.717) is 12.8 Å². The number of carbonyl (C=O) groups excluding carboxylic acids is 1. The number of halogens is 1. The molecule has 1 amide bonds. The van der Waals surface area contributed by atoms with E-state index < -0.39 is 34.0 Å². The summed E-state index contributed by atoms with van der Waals surface area (Å²) in [4.78, 5) is 12.1. The molecule has 0 heterocycles. The monoisotopic (exact) mass is 330 g/mol. The minimum absolute atomic E-state index is 0.123. The van der Waals surface area contributed by atoms with Crippen LogP contribution < -0.4 is 11.1 Å². The molecular formula is C15H23FN2O3S. The summed E-state index contributed by atoms with van der Waals surface area (Å²) in [5, 5.41) is 2.54. The van der Waals surface area contributed by atoms with Gasteiger partial charge in [-0.3, -0.25) is 4.79 Å². The highest BCUT2D eigenvalue weighted by Gasteiger charge is 2.24. The van der Waals surface area contributed by atoms with Crippen LogP contribution in [0, 0.1) is 5.92 Å². The second-order valence-corrected chi connectivity index (χ2v) is 7.25. The molecule has 124 valence electrons. The van der Waals surface area contributed by atoms with Crippen LogP contribution in [0.1, 0.15) is 25.8 Å². The standard InChI is InChI=1S/C15H23FN2O3S/c1-11(2)8-13(10-22(16,20)21)18-15(19)14(17)9-12-6-4-3-5-7-12/h3-7,11,13-14H,8-10,17H2,1-2H3,(H,18,19)/t13-,14-/m0/s1. The van der Waals surface area contributed by atoms with E-state index in [9.17, 15) is 17.1 Å². The summed E-state index contributed by atoms with van der Waals surface area (Å²) in [6, 6.07) is 7.67. The van der Waals surface area contributed by atoms with Gasteiger partial charge in [-0.05, 0) is 24.3 Å². The van der Waals surface area contributed by atoms with Gasteiger partial charge in [-0.15, -0.1) is 3.89 Å². The van der Waals surface area contributed by atoms with Crippen LogP contribution in [0.25, 0.3) is 0 Å². The van der Waals surface area contributed by atoms with E-state index in [0.717, 1.165) is 5.56 Å². The van der Waals surface area contributed by atoms with Gasteiger partial charge in [0.1, 0.15) is 5.75 Å². The van der Waals surface area contributed by atoms with Crippen molar-refractivity contribution >= 4 is 16.1 Å². The van der Waals surface area contributed by atoms with E-state index >= 15 is 0 Å². The Morgan fingerprint density at radius 3 is 2.36 bits per heavy atom. The first-order valence-electron chi connectivity index (χ1n) is 7.19. The summed E-state index contributed by atoms with van der Waals surface area (Å²) < 4.78 is 34.5. The highest BCUT2D eigenvalue weighted by atomic mass is 32.3. The van der Waals surface area contributed by atoms with Crippen molar-refractivity contribution in [2.45, 2.75) is 38.8 Å². The highest BCUT2D eigenvalue weighted by Crippen LogP contribution is 2.09. The first-order chi connectivity index (χ1) is 10.2. The van der Waals surface area contributed by atoms with Gasteiger partial charge in [-0.2, -0.15) is 8.42 Å². The lowest BCUT2D eigenvalue weighted by atomic mass is 10.0. The third-order valence-corrected chi connectivity index (χ3v) is 3.94. The second kappa shape index (κ2) is 8.24. The topological polar surface area (TPSA) is 89.3 Å². The van der Waals surface area contributed by atoms with Crippen molar-refractivity contribution < 1.29 is 17.1 Å². The van der Waals surface area contributed by atoms with E-state index in [-0.39, 0.29) is 5.92 Å².